The summed E-state index contributed by atoms with van der Waals surface area (Å²) in [5.41, 5.74) is 0.765. The molecular formula is C17H24F2IN5O2. The molecular weight excluding hydrogens is 471 g/mol. The molecule has 0 bridgehead atoms. The average Bonchev–Trinajstić information content (AvgIpc) is 3.14. The maximum absolute atomic E-state index is 12.5. The minimum atomic E-state index is -2.91. The highest BCUT2D eigenvalue weighted by atomic mass is 127. The van der Waals surface area contributed by atoms with Crippen LogP contribution < -0.4 is 20.1 Å². The van der Waals surface area contributed by atoms with E-state index in [0.717, 1.165) is 25.1 Å². The number of aryl methyl sites for hydroxylation is 1. The number of methoxy groups -OCH3 is 1. The number of nitrogens with zero attached hydrogens (tertiary/aromatic N) is 3. The minimum absolute atomic E-state index is 0. The van der Waals surface area contributed by atoms with Crippen LogP contribution in [0.15, 0.2) is 41.7 Å². The van der Waals surface area contributed by atoms with Gasteiger partial charge in [0.2, 0.25) is 0 Å². The van der Waals surface area contributed by atoms with Crippen molar-refractivity contribution in [3.05, 3.63) is 42.2 Å². The Morgan fingerprint density at radius 2 is 2.11 bits per heavy atom. The van der Waals surface area contributed by atoms with Crippen LogP contribution in [0.4, 0.5) is 8.78 Å². The van der Waals surface area contributed by atoms with Gasteiger partial charge in [-0.2, -0.15) is 13.9 Å². The highest BCUT2D eigenvalue weighted by molar-refractivity contribution is 14.0. The molecule has 0 aliphatic carbocycles. The number of aliphatic imine (C=N–C) groups is 1. The Kier molecular flexibility index (Phi) is 10.5. The molecule has 1 aromatic carbocycles. The summed E-state index contributed by atoms with van der Waals surface area (Å²) in [7, 11) is 3.07. The van der Waals surface area contributed by atoms with Crippen molar-refractivity contribution in [1.82, 2.24) is 20.4 Å². The van der Waals surface area contributed by atoms with Crippen molar-refractivity contribution < 1.29 is 18.3 Å². The fourth-order valence-electron chi connectivity index (χ4n) is 2.31. The predicted molar refractivity (Wildman–Crippen MR) is 110 cm³/mol. The van der Waals surface area contributed by atoms with Crippen molar-refractivity contribution in [2.75, 3.05) is 20.7 Å². The Labute approximate surface area is 174 Å². The second-order valence-electron chi connectivity index (χ2n) is 5.34. The van der Waals surface area contributed by atoms with E-state index < -0.39 is 6.61 Å². The van der Waals surface area contributed by atoms with E-state index in [4.69, 9.17) is 4.74 Å². The molecule has 0 saturated heterocycles. The SMILES string of the molecule is CN=C(NCCCn1cccn1)NCc1ccc(OC)c(OC(F)F)c1.I. The van der Waals surface area contributed by atoms with Crippen LogP contribution in [0.1, 0.15) is 12.0 Å². The Hall–Kier alpha value is -2.11. The quantitative estimate of drug-likeness (QED) is 0.242. The summed E-state index contributed by atoms with van der Waals surface area (Å²) in [5, 5.41) is 10.5. The van der Waals surface area contributed by atoms with Gasteiger partial charge in [-0.15, -0.1) is 24.0 Å². The number of hydrogen-bond donors (Lipinski definition) is 2. The summed E-state index contributed by atoms with van der Waals surface area (Å²) in [6.45, 7) is -0.968. The van der Waals surface area contributed by atoms with Crippen LogP contribution in [0.25, 0.3) is 0 Å². The summed E-state index contributed by atoms with van der Waals surface area (Å²) in [5.74, 6) is 0.886. The number of ether oxygens (including phenoxy) is 2. The Balaban J connectivity index is 0.00000364. The van der Waals surface area contributed by atoms with Gasteiger partial charge < -0.3 is 20.1 Å². The van der Waals surface area contributed by atoms with E-state index in [1.54, 1.807) is 25.4 Å². The number of alkyl halides is 2. The van der Waals surface area contributed by atoms with Crippen LogP contribution in [0.2, 0.25) is 0 Å². The van der Waals surface area contributed by atoms with Crippen LogP contribution in [0.3, 0.4) is 0 Å². The highest BCUT2D eigenvalue weighted by Gasteiger charge is 2.11. The molecule has 0 atom stereocenters. The molecule has 0 unspecified atom stereocenters. The normalized spacial score (nSPS) is 11.1. The number of halogens is 3. The zero-order chi connectivity index (χ0) is 18.8. The monoisotopic (exact) mass is 495 g/mol. The van der Waals surface area contributed by atoms with E-state index in [-0.39, 0.29) is 35.5 Å². The summed E-state index contributed by atoms with van der Waals surface area (Å²) >= 11 is 0. The second-order valence-corrected chi connectivity index (χ2v) is 5.34. The van der Waals surface area contributed by atoms with Gasteiger partial charge in [-0.05, 0) is 30.2 Å². The number of benzene rings is 1. The first-order valence-corrected chi connectivity index (χ1v) is 8.16. The number of hydrogen-bond acceptors (Lipinski definition) is 4. The van der Waals surface area contributed by atoms with Crippen molar-refractivity contribution in [2.45, 2.75) is 26.1 Å². The predicted octanol–water partition coefficient (Wildman–Crippen LogP) is 2.87. The molecule has 0 spiro atoms. The molecule has 0 aliphatic heterocycles. The van der Waals surface area contributed by atoms with E-state index in [0.29, 0.717) is 12.5 Å². The highest BCUT2D eigenvalue weighted by Crippen LogP contribution is 2.29. The molecule has 1 heterocycles. The zero-order valence-corrected chi connectivity index (χ0v) is 17.5. The van der Waals surface area contributed by atoms with Crippen LogP contribution >= 0.6 is 24.0 Å². The van der Waals surface area contributed by atoms with Crippen molar-refractivity contribution in [2.24, 2.45) is 4.99 Å². The summed E-state index contributed by atoms with van der Waals surface area (Å²) in [4.78, 5) is 4.14. The molecule has 7 nitrogen and oxygen atoms in total. The van der Waals surface area contributed by atoms with Crippen molar-refractivity contribution in [3.8, 4) is 11.5 Å². The van der Waals surface area contributed by atoms with E-state index >= 15 is 0 Å². The first-order chi connectivity index (χ1) is 12.6. The summed E-state index contributed by atoms with van der Waals surface area (Å²) in [6, 6.07) is 6.77. The third-order valence-electron chi connectivity index (χ3n) is 3.54. The van der Waals surface area contributed by atoms with Crippen molar-refractivity contribution in [1.29, 1.82) is 0 Å². The van der Waals surface area contributed by atoms with Crippen molar-refractivity contribution >= 4 is 29.9 Å². The maximum Gasteiger partial charge on any atom is 0.387 e. The first-order valence-electron chi connectivity index (χ1n) is 8.16. The molecule has 10 heteroatoms. The van der Waals surface area contributed by atoms with Crippen LogP contribution in [0, 0.1) is 0 Å². The molecule has 0 saturated carbocycles. The molecule has 0 amide bonds. The fourth-order valence-corrected chi connectivity index (χ4v) is 2.31. The Morgan fingerprint density at radius 1 is 1.30 bits per heavy atom. The Morgan fingerprint density at radius 3 is 2.74 bits per heavy atom. The molecule has 27 heavy (non-hydrogen) atoms. The molecule has 2 rings (SSSR count). The first kappa shape index (κ1) is 22.9. The number of nitrogens with one attached hydrogen (secondary N) is 2. The van der Waals surface area contributed by atoms with Gasteiger partial charge in [0.1, 0.15) is 0 Å². The fraction of sp³-hybridized carbons (Fsp3) is 0.412. The summed E-state index contributed by atoms with van der Waals surface area (Å²) in [6.07, 6.45) is 4.54. The van der Waals surface area contributed by atoms with Gasteiger partial charge in [0.25, 0.3) is 0 Å². The molecule has 2 aromatic rings. The molecule has 150 valence electrons. The van der Waals surface area contributed by atoms with Crippen molar-refractivity contribution in [3.63, 3.8) is 0 Å². The topological polar surface area (TPSA) is 72.7 Å². The maximum atomic E-state index is 12.5. The van der Waals surface area contributed by atoms with Gasteiger partial charge in [0, 0.05) is 39.1 Å². The van der Waals surface area contributed by atoms with E-state index in [1.165, 1.54) is 13.2 Å². The number of aromatic nitrogens is 2. The Bertz CT molecular complexity index is 699. The number of rotatable bonds is 9. The van der Waals surface area contributed by atoms with E-state index in [2.05, 4.69) is 25.5 Å². The molecule has 2 N–H and O–H groups in total. The molecule has 0 fully saturated rings. The lowest BCUT2D eigenvalue weighted by Crippen LogP contribution is -2.37. The lowest BCUT2D eigenvalue weighted by atomic mass is 10.2. The third-order valence-corrected chi connectivity index (χ3v) is 3.54. The minimum Gasteiger partial charge on any atom is -0.493 e. The van der Waals surface area contributed by atoms with Gasteiger partial charge in [0.15, 0.2) is 17.5 Å². The van der Waals surface area contributed by atoms with Gasteiger partial charge in [-0.3, -0.25) is 9.67 Å². The van der Waals surface area contributed by atoms with E-state index in [9.17, 15) is 8.78 Å². The zero-order valence-electron chi connectivity index (χ0n) is 15.2. The van der Waals surface area contributed by atoms with Gasteiger partial charge in [0.05, 0.1) is 7.11 Å². The lowest BCUT2D eigenvalue weighted by molar-refractivity contribution is -0.0512. The van der Waals surface area contributed by atoms with Crippen LogP contribution in [0.5, 0.6) is 11.5 Å². The van der Waals surface area contributed by atoms with Gasteiger partial charge >= 0.3 is 6.61 Å². The van der Waals surface area contributed by atoms with E-state index in [1.807, 2.05) is 16.9 Å². The largest absolute Gasteiger partial charge is 0.493 e. The third kappa shape index (κ3) is 7.97. The molecule has 1 aromatic heterocycles. The van der Waals surface area contributed by atoms with Gasteiger partial charge in [-0.25, -0.2) is 0 Å². The molecule has 0 aliphatic rings. The second kappa shape index (κ2) is 12.3. The lowest BCUT2D eigenvalue weighted by Gasteiger charge is -2.14. The smallest absolute Gasteiger partial charge is 0.387 e. The summed E-state index contributed by atoms with van der Waals surface area (Å²) < 4.78 is 36.3. The van der Waals surface area contributed by atoms with Crippen LogP contribution in [-0.4, -0.2) is 43.1 Å². The van der Waals surface area contributed by atoms with Gasteiger partial charge in [-0.1, -0.05) is 6.07 Å². The standard InChI is InChI=1S/C17H23F2N5O2.HI/c1-20-17(21-7-3-9-24-10-4-8-23-24)22-12-13-5-6-14(25-2)15(11-13)26-16(18)19;/h4-6,8,10-11,16H,3,7,9,12H2,1-2H3,(H2,20,21,22);1H. The van der Waals surface area contributed by atoms with Crippen LogP contribution in [-0.2, 0) is 13.1 Å². The number of guanidine groups is 1. The average molecular weight is 495 g/mol. The molecule has 0 radical (unpaired) electrons.